The Balaban J connectivity index is 2.51. The highest BCUT2D eigenvalue weighted by molar-refractivity contribution is 6.01. The molecule has 1 aliphatic heterocycles. The van der Waals surface area contributed by atoms with Gasteiger partial charge in [-0.3, -0.25) is 5.41 Å². The van der Waals surface area contributed by atoms with E-state index in [2.05, 4.69) is 23.7 Å². The molecule has 0 radical (unpaired) electrons. The molecule has 110 valence electrons. The number of amidine groups is 1. The second-order valence-electron chi connectivity index (χ2n) is 5.55. The molecule has 1 fully saturated rings. The van der Waals surface area contributed by atoms with Gasteiger partial charge in [-0.05, 0) is 38.8 Å². The van der Waals surface area contributed by atoms with Crippen LogP contribution in [-0.4, -0.2) is 36.1 Å². The van der Waals surface area contributed by atoms with Gasteiger partial charge in [-0.25, -0.2) is 4.98 Å². The van der Waals surface area contributed by atoms with Crippen molar-refractivity contribution in [1.82, 2.24) is 4.98 Å². The van der Waals surface area contributed by atoms with Gasteiger partial charge >= 0.3 is 0 Å². The molecule has 1 aliphatic rings. The van der Waals surface area contributed by atoms with Crippen LogP contribution in [0.5, 0.6) is 0 Å². The van der Waals surface area contributed by atoms with Crippen LogP contribution in [0.15, 0.2) is 6.07 Å². The van der Waals surface area contributed by atoms with Gasteiger partial charge in [0.15, 0.2) is 0 Å². The molecule has 2 unspecified atom stereocenters. The number of hydrogen-bond acceptors (Lipinski definition) is 4. The molecule has 5 nitrogen and oxygen atoms in total. The molecule has 0 aromatic carbocycles. The largest absolute Gasteiger partial charge is 0.384 e. The number of nitrogens with two attached hydrogens (primary N) is 1. The Morgan fingerprint density at radius 2 is 2.25 bits per heavy atom. The van der Waals surface area contributed by atoms with Crippen LogP contribution in [0.2, 0.25) is 0 Å². The Kier molecular flexibility index (Phi) is 4.28. The zero-order chi connectivity index (χ0) is 14.9. The number of aryl methyl sites for hydroxylation is 2. The molecule has 3 N–H and O–H groups in total. The lowest BCUT2D eigenvalue weighted by molar-refractivity contribution is 0.0296. The number of pyridine rings is 1. The fourth-order valence-electron chi connectivity index (χ4n) is 2.80. The zero-order valence-electron chi connectivity index (χ0n) is 12.7. The Labute approximate surface area is 120 Å². The highest BCUT2D eigenvalue weighted by atomic mass is 16.5. The van der Waals surface area contributed by atoms with Crippen molar-refractivity contribution < 1.29 is 4.74 Å². The van der Waals surface area contributed by atoms with Gasteiger partial charge in [0.25, 0.3) is 0 Å². The molecule has 2 heterocycles. The molecule has 2 atom stereocenters. The molecule has 0 bridgehead atoms. The van der Waals surface area contributed by atoms with Crippen molar-refractivity contribution >= 4 is 11.7 Å². The summed E-state index contributed by atoms with van der Waals surface area (Å²) in [5.74, 6) is 0.913. The lowest BCUT2D eigenvalue weighted by Gasteiger charge is -2.40. The number of anilines is 1. The van der Waals surface area contributed by atoms with Gasteiger partial charge in [0.1, 0.15) is 11.7 Å². The van der Waals surface area contributed by atoms with Crippen LogP contribution in [0, 0.1) is 19.3 Å². The standard InChI is InChI=1S/C15H24N4O/c1-5-12-8-20-11(4)7-19(12)15-13(14(16)17)9(2)6-10(3)18-15/h6,11-12H,5,7-8H2,1-4H3,(H3,16,17). The molecule has 0 saturated carbocycles. The third-order valence-corrected chi connectivity index (χ3v) is 3.81. The predicted molar refractivity (Wildman–Crippen MR) is 81.6 cm³/mol. The normalized spacial score (nSPS) is 22.9. The second-order valence-corrected chi connectivity index (χ2v) is 5.55. The van der Waals surface area contributed by atoms with Crippen molar-refractivity contribution in [2.75, 3.05) is 18.1 Å². The number of nitrogen functional groups attached to an aromatic ring is 1. The summed E-state index contributed by atoms with van der Waals surface area (Å²) in [5, 5.41) is 7.86. The first-order valence-corrected chi connectivity index (χ1v) is 7.14. The Morgan fingerprint density at radius 1 is 1.55 bits per heavy atom. The van der Waals surface area contributed by atoms with Crippen molar-refractivity contribution in [3.8, 4) is 0 Å². The molecule has 0 spiro atoms. The van der Waals surface area contributed by atoms with Crippen LogP contribution in [0.3, 0.4) is 0 Å². The minimum atomic E-state index is 0.0824. The zero-order valence-corrected chi connectivity index (χ0v) is 12.7. The highest BCUT2D eigenvalue weighted by Crippen LogP contribution is 2.27. The minimum absolute atomic E-state index is 0.0824. The van der Waals surface area contributed by atoms with Gasteiger partial charge in [0, 0.05) is 12.2 Å². The fourth-order valence-corrected chi connectivity index (χ4v) is 2.80. The van der Waals surface area contributed by atoms with Gasteiger partial charge < -0.3 is 15.4 Å². The molecule has 0 aliphatic carbocycles. The third kappa shape index (κ3) is 2.77. The number of rotatable bonds is 3. The van der Waals surface area contributed by atoms with E-state index in [1.54, 1.807) is 0 Å². The lowest BCUT2D eigenvalue weighted by Crippen LogP contribution is -2.49. The van der Waals surface area contributed by atoms with Crippen molar-refractivity contribution in [2.45, 2.75) is 46.3 Å². The van der Waals surface area contributed by atoms with Gasteiger partial charge in [0.2, 0.25) is 0 Å². The SMILES string of the molecule is CCC1COC(C)CN1c1nc(C)cc(C)c1C(=N)N. The molecule has 0 amide bonds. The molecule has 1 aromatic heterocycles. The van der Waals surface area contributed by atoms with Crippen LogP contribution < -0.4 is 10.6 Å². The maximum absolute atomic E-state index is 7.86. The number of ether oxygens (including phenoxy) is 1. The average Bonchev–Trinajstić information content (AvgIpc) is 2.37. The summed E-state index contributed by atoms with van der Waals surface area (Å²) in [6.45, 7) is 9.66. The van der Waals surface area contributed by atoms with Crippen molar-refractivity contribution in [2.24, 2.45) is 5.73 Å². The molecule has 5 heteroatoms. The number of hydrogen-bond donors (Lipinski definition) is 2. The summed E-state index contributed by atoms with van der Waals surface area (Å²) in [4.78, 5) is 6.92. The first-order chi connectivity index (χ1) is 9.43. The van der Waals surface area contributed by atoms with Gasteiger partial charge in [-0.1, -0.05) is 6.92 Å². The number of nitrogens with zero attached hydrogens (tertiary/aromatic N) is 2. The van der Waals surface area contributed by atoms with E-state index in [1.165, 1.54) is 0 Å². The average molecular weight is 276 g/mol. The Morgan fingerprint density at radius 3 is 2.85 bits per heavy atom. The third-order valence-electron chi connectivity index (χ3n) is 3.81. The van der Waals surface area contributed by atoms with Crippen molar-refractivity contribution in [3.05, 3.63) is 22.9 Å². The second kappa shape index (κ2) is 5.79. The van der Waals surface area contributed by atoms with E-state index in [9.17, 15) is 0 Å². The van der Waals surface area contributed by atoms with Crippen LogP contribution in [-0.2, 0) is 4.74 Å². The predicted octanol–water partition coefficient (Wildman–Crippen LogP) is 1.99. The van der Waals surface area contributed by atoms with E-state index in [1.807, 2.05) is 19.9 Å². The van der Waals surface area contributed by atoms with Crippen molar-refractivity contribution in [3.63, 3.8) is 0 Å². The van der Waals surface area contributed by atoms with Crippen LogP contribution in [0.1, 0.15) is 37.1 Å². The number of nitrogens with one attached hydrogen (secondary N) is 1. The number of morpholine rings is 1. The van der Waals surface area contributed by atoms with E-state index in [4.69, 9.17) is 15.9 Å². The maximum Gasteiger partial charge on any atom is 0.140 e. The van der Waals surface area contributed by atoms with E-state index in [-0.39, 0.29) is 18.0 Å². The summed E-state index contributed by atoms with van der Waals surface area (Å²) in [5.41, 5.74) is 8.50. The fraction of sp³-hybridized carbons (Fsp3) is 0.600. The molecule has 2 rings (SSSR count). The Bertz CT molecular complexity index is 515. The first kappa shape index (κ1) is 14.8. The minimum Gasteiger partial charge on any atom is -0.384 e. The first-order valence-electron chi connectivity index (χ1n) is 7.14. The van der Waals surface area contributed by atoms with Crippen molar-refractivity contribution in [1.29, 1.82) is 5.41 Å². The molecular weight excluding hydrogens is 252 g/mol. The smallest absolute Gasteiger partial charge is 0.140 e. The quantitative estimate of drug-likeness (QED) is 0.654. The topological polar surface area (TPSA) is 75.2 Å². The van der Waals surface area contributed by atoms with E-state index in [0.717, 1.165) is 35.6 Å². The lowest BCUT2D eigenvalue weighted by atomic mass is 10.0. The Hall–Kier alpha value is -1.62. The summed E-state index contributed by atoms with van der Waals surface area (Å²) in [6.07, 6.45) is 1.15. The van der Waals surface area contributed by atoms with Crippen LogP contribution in [0.25, 0.3) is 0 Å². The van der Waals surface area contributed by atoms with E-state index >= 15 is 0 Å². The molecule has 20 heavy (non-hydrogen) atoms. The van der Waals surface area contributed by atoms with E-state index in [0.29, 0.717) is 6.61 Å². The number of aromatic nitrogens is 1. The summed E-state index contributed by atoms with van der Waals surface area (Å²) < 4.78 is 5.74. The van der Waals surface area contributed by atoms with Crippen LogP contribution >= 0.6 is 0 Å². The maximum atomic E-state index is 7.86. The molecule has 1 saturated heterocycles. The summed E-state index contributed by atoms with van der Waals surface area (Å²) in [7, 11) is 0. The monoisotopic (exact) mass is 276 g/mol. The highest BCUT2D eigenvalue weighted by Gasteiger charge is 2.29. The van der Waals surface area contributed by atoms with Gasteiger partial charge in [-0.15, -0.1) is 0 Å². The molecule has 1 aromatic rings. The summed E-state index contributed by atoms with van der Waals surface area (Å²) >= 11 is 0. The van der Waals surface area contributed by atoms with E-state index < -0.39 is 0 Å². The van der Waals surface area contributed by atoms with Gasteiger partial charge in [-0.2, -0.15) is 0 Å². The van der Waals surface area contributed by atoms with Crippen LogP contribution in [0.4, 0.5) is 5.82 Å². The summed E-state index contributed by atoms with van der Waals surface area (Å²) in [6, 6.07) is 2.27. The molecular formula is C15H24N4O. The van der Waals surface area contributed by atoms with Gasteiger partial charge in [0.05, 0.1) is 24.3 Å².